The molecule has 26 heavy (non-hydrogen) atoms. The van der Waals surface area contributed by atoms with E-state index in [9.17, 15) is 13.2 Å². The molecule has 0 aromatic heterocycles. The normalized spacial score (nSPS) is 12.3. The minimum atomic E-state index is -3.81. The van der Waals surface area contributed by atoms with Crippen LogP contribution in [-0.2, 0) is 9.84 Å². The van der Waals surface area contributed by atoms with Crippen LogP contribution >= 0.6 is 0 Å². The average Bonchev–Trinajstić information content (AvgIpc) is 2.67. The van der Waals surface area contributed by atoms with Crippen LogP contribution in [0, 0.1) is 6.92 Å². The molecule has 0 radical (unpaired) electrons. The molecule has 3 rings (SSSR count). The van der Waals surface area contributed by atoms with Crippen LogP contribution in [0.4, 0.5) is 0 Å². The van der Waals surface area contributed by atoms with Gasteiger partial charge in [0.1, 0.15) is 0 Å². The van der Waals surface area contributed by atoms with Crippen LogP contribution < -0.4 is 5.32 Å². The highest BCUT2D eigenvalue weighted by Gasteiger charge is 2.30. The third kappa shape index (κ3) is 3.83. The highest BCUT2D eigenvalue weighted by atomic mass is 32.2. The largest absolute Gasteiger partial charge is 0.331 e. The van der Waals surface area contributed by atoms with Gasteiger partial charge in [0.15, 0.2) is 5.37 Å². The van der Waals surface area contributed by atoms with Crippen LogP contribution in [0.5, 0.6) is 0 Å². The Morgan fingerprint density at radius 2 is 1.35 bits per heavy atom. The lowest BCUT2D eigenvalue weighted by Crippen LogP contribution is -2.34. The van der Waals surface area contributed by atoms with Gasteiger partial charge in [-0.05, 0) is 36.8 Å². The van der Waals surface area contributed by atoms with Crippen molar-refractivity contribution in [3.63, 3.8) is 0 Å². The van der Waals surface area contributed by atoms with Gasteiger partial charge < -0.3 is 5.32 Å². The summed E-state index contributed by atoms with van der Waals surface area (Å²) in [7, 11) is -3.81. The number of carbonyl (C=O) groups is 1. The minimum absolute atomic E-state index is 0.172. The van der Waals surface area contributed by atoms with E-state index in [1.165, 1.54) is 0 Å². The topological polar surface area (TPSA) is 63.2 Å². The van der Waals surface area contributed by atoms with Crippen LogP contribution in [-0.4, -0.2) is 14.3 Å². The van der Waals surface area contributed by atoms with Crippen LogP contribution in [0.2, 0.25) is 0 Å². The van der Waals surface area contributed by atoms with E-state index in [-0.39, 0.29) is 4.90 Å². The van der Waals surface area contributed by atoms with Gasteiger partial charge in [-0.1, -0.05) is 66.2 Å². The summed E-state index contributed by atoms with van der Waals surface area (Å²) in [4.78, 5) is 12.8. The SMILES string of the molecule is Cc1ccc(S(=O)(=O)[C@@H](NC(=O)c2ccccc2)c2ccccc2)cc1. The Kier molecular flexibility index (Phi) is 5.19. The molecule has 5 heteroatoms. The minimum Gasteiger partial charge on any atom is -0.331 e. The maximum Gasteiger partial charge on any atom is 0.252 e. The fourth-order valence-corrected chi connectivity index (χ4v) is 4.19. The maximum atomic E-state index is 13.2. The lowest BCUT2D eigenvalue weighted by molar-refractivity contribution is 0.0948. The number of aryl methyl sites for hydroxylation is 1. The molecule has 1 N–H and O–H groups in total. The Labute approximate surface area is 153 Å². The van der Waals surface area contributed by atoms with Crippen molar-refractivity contribution >= 4 is 15.7 Å². The van der Waals surface area contributed by atoms with Crippen LogP contribution in [0.3, 0.4) is 0 Å². The Bertz CT molecular complexity index is 982. The molecule has 1 atom stereocenters. The number of rotatable bonds is 5. The quantitative estimate of drug-likeness (QED) is 0.746. The summed E-state index contributed by atoms with van der Waals surface area (Å²) >= 11 is 0. The fourth-order valence-electron chi connectivity index (χ4n) is 2.62. The van der Waals surface area contributed by atoms with E-state index >= 15 is 0 Å². The molecule has 0 saturated heterocycles. The van der Waals surface area contributed by atoms with Crippen LogP contribution in [0.25, 0.3) is 0 Å². The number of nitrogens with one attached hydrogen (secondary N) is 1. The third-order valence-electron chi connectivity index (χ3n) is 4.06. The number of hydrogen-bond acceptors (Lipinski definition) is 3. The molecule has 3 aromatic carbocycles. The van der Waals surface area contributed by atoms with Crippen molar-refractivity contribution in [2.24, 2.45) is 0 Å². The van der Waals surface area contributed by atoms with Gasteiger partial charge in [0.2, 0.25) is 9.84 Å². The molecular weight excluding hydrogens is 346 g/mol. The molecule has 132 valence electrons. The summed E-state index contributed by atoms with van der Waals surface area (Å²) in [5, 5.41) is 1.51. The van der Waals surface area contributed by atoms with Crippen molar-refractivity contribution in [2.45, 2.75) is 17.2 Å². The molecule has 0 heterocycles. The van der Waals surface area contributed by atoms with E-state index in [0.717, 1.165) is 5.56 Å². The monoisotopic (exact) mass is 365 g/mol. The lowest BCUT2D eigenvalue weighted by Gasteiger charge is -2.20. The van der Waals surface area contributed by atoms with Crippen molar-refractivity contribution < 1.29 is 13.2 Å². The van der Waals surface area contributed by atoms with Gasteiger partial charge in [0, 0.05) is 5.56 Å². The van der Waals surface area contributed by atoms with Crippen LogP contribution in [0.1, 0.15) is 26.9 Å². The first-order chi connectivity index (χ1) is 12.5. The van der Waals surface area contributed by atoms with Gasteiger partial charge in [0.25, 0.3) is 5.91 Å². The third-order valence-corrected chi connectivity index (χ3v) is 6.00. The molecule has 0 spiro atoms. The highest BCUT2D eigenvalue weighted by molar-refractivity contribution is 7.91. The number of hydrogen-bond donors (Lipinski definition) is 1. The number of amides is 1. The molecule has 3 aromatic rings. The Morgan fingerprint density at radius 1 is 0.808 bits per heavy atom. The molecule has 0 aliphatic rings. The van der Waals surface area contributed by atoms with E-state index in [0.29, 0.717) is 11.1 Å². The predicted octanol–water partition coefficient (Wildman–Crippen LogP) is 3.90. The predicted molar refractivity (Wildman–Crippen MR) is 101 cm³/mol. The van der Waals surface area contributed by atoms with E-state index in [4.69, 9.17) is 0 Å². The zero-order chi connectivity index (χ0) is 18.6. The number of benzene rings is 3. The maximum absolute atomic E-state index is 13.2. The number of carbonyl (C=O) groups excluding carboxylic acids is 1. The smallest absolute Gasteiger partial charge is 0.252 e. The van der Waals surface area contributed by atoms with E-state index < -0.39 is 21.1 Å². The second kappa shape index (κ2) is 7.54. The Morgan fingerprint density at radius 3 is 1.92 bits per heavy atom. The first kappa shape index (κ1) is 17.9. The Balaban J connectivity index is 2.01. The number of sulfone groups is 1. The Hall–Kier alpha value is -2.92. The summed E-state index contributed by atoms with van der Waals surface area (Å²) in [6, 6.07) is 23.9. The van der Waals surface area contributed by atoms with Gasteiger partial charge >= 0.3 is 0 Å². The summed E-state index contributed by atoms with van der Waals surface area (Å²) in [6.07, 6.45) is 0. The first-order valence-corrected chi connectivity index (χ1v) is 9.74. The summed E-state index contributed by atoms with van der Waals surface area (Å²) in [5.41, 5.74) is 1.89. The molecule has 0 unspecified atom stereocenters. The van der Waals surface area contributed by atoms with Gasteiger partial charge in [-0.25, -0.2) is 8.42 Å². The van der Waals surface area contributed by atoms with Gasteiger partial charge in [0.05, 0.1) is 4.90 Å². The second-order valence-electron chi connectivity index (χ2n) is 5.99. The standard InChI is InChI=1S/C21H19NO3S/c1-16-12-14-19(15-13-16)26(24,25)21(18-10-6-3-7-11-18)22-20(23)17-8-4-2-5-9-17/h2-15,21H,1H3,(H,22,23)/t21-/m1/s1. The molecule has 0 aliphatic carbocycles. The fraction of sp³-hybridized carbons (Fsp3) is 0.0952. The molecule has 0 aliphatic heterocycles. The zero-order valence-electron chi connectivity index (χ0n) is 14.3. The van der Waals surface area contributed by atoms with Gasteiger partial charge in [-0.15, -0.1) is 0 Å². The van der Waals surface area contributed by atoms with Crippen molar-refractivity contribution in [2.75, 3.05) is 0 Å². The van der Waals surface area contributed by atoms with Gasteiger partial charge in [-0.2, -0.15) is 0 Å². The highest BCUT2D eigenvalue weighted by Crippen LogP contribution is 2.27. The molecule has 4 nitrogen and oxygen atoms in total. The zero-order valence-corrected chi connectivity index (χ0v) is 15.1. The van der Waals surface area contributed by atoms with E-state index in [1.54, 1.807) is 84.9 Å². The first-order valence-electron chi connectivity index (χ1n) is 8.20. The second-order valence-corrected chi connectivity index (χ2v) is 8.02. The van der Waals surface area contributed by atoms with Crippen molar-refractivity contribution in [1.82, 2.24) is 5.32 Å². The molecule has 0 fully saturated rings. The summed E-state index contributed by atoms with van der Waals surface area (Å²) in [5.74, 6) is -0.435. The van der Waals surface area contributed by atoms with Crippen LogP contribution in [0.15, 0.2) is 89.8 Å². The molecule has 1 amide bonds. The van der Waals surface area contributed by atoms with Crippen molar-refractivity contribution in [3.05, 3.63) is 102 Å². The van der Waals surface area contributed by atoms with Gasteiger partial charge in [-0.3, -0.25) is 4.79 Å². The molecular formula is C21H19NO3S. The summed E-state index contributed by atoms with van der Waals surface area (Å²) in [6.45, 7) is 1.89. The van der Waals surface area contributed by atoms with E-state index in [1.807, 2.05) is 6.92 Å². The lowest BCUT2D eigenvalue weighted by atomic mass is 10.2. The van der Waals surface area contributed by atoms with Crippen molar-refractivity contribution in [1.29, 1.82) is 0 Å². The molecule has 0 saturated carbocycles. The van der Waals surface area contributed by atoms with Crippen molar-refractivity contribution in [3.8, 4) is 0 Å². The average molecular weight is 365 g/mol. The molecule has 0 bridgehead atoms. The summed E-state index contributed by atoms with van der Waals surface area (Å²) < 4.78 is 26.4. The van der Waals surface area contributed by atoms with E-state index in [2.05, 4.69) is 5.32 Å².